The van der Waals surface area contributed by atoms with Crippen molar-refractivity contribution < 1.29 is 14.3 Å². The van der Waals surface area contributed by atoms with Crippen molar-refractivity contribution in [2.75, 3.05) is 6.61 Å². The van der Waals surface area contributed by atoms with Gasteiger partial charge < -0.3 is 14.8 Å². The van der Waals surface area contributed by atoms with Gasteiger partial charge in [-0.25, -0.2) is 0 Å². The molecule has 1 unspecified atom stereocenters. The molecule has 0 aliphatic carbocycles. The molecule has 0 aromatic heterocycles. The van der Waals surface area contributed by atoms with Crippen molar-refractivity contribution in [3.63, 3.8) is 0 Å². The molecule has 1 atom stereocenters. The molecule has 1 aliphatic rings. The van der Waals surface area contributed by atoms with Crippen LogP contribution in [-0.2, 0) is 16.1 Å². The minimum absolute atomic E-state index is 0.109. The number of benzene rings is 1. The van der Waals surface area contributed by atoms with Crippen LogP contribution in [0.3, 0.4) is 0 Å². The molecule has 0 radical (unpaired) electrons. The fourth-order valence-corrected chi connectivity index (χ4v) is 1.80. The Morgan fingerprint density at radius 3 is 2.82 bits per heavy atom. The molecule has 1 aromatic carbocycles. The lowest BCUT2D eigenvalue weighted by Gasteiger charge is -2.23. The molecule has 1 amide bonds. The van der Waals surface area contributed by atoms with Crippen LogP contribution in [-0.4, -0.2) is 19.3 Å². The Bertz CT molecular complexity index is 344. The summed E-state index contributed by atoms with van der Waals surface area (Å²) in [6.07, 6.45) is 3.82. The smallest absolute Gasteiger partial charge is 0.207 e. The summed E-state index contributed by atoms with van der Waals surface area (Å²) in [4.78, 5) is 10.2. The third-order valence-corrected chi connectivity index (χ3v) is 2.72. The van der Waals surface area contributed by atoms with E-state index in [1.54, 1.807) is 0 Å². The summed E-state index contributed by atoms with van der Waals surface area (Å²) in [7, 11) is 0. The van der Waals surface area contributed by atoms with Gasteiger partial charge in [-0.15, -0.1) is 0 Å². The SMILES string of the molecule is O=CNCc1ccc(OC2CCCCO2)cc1. The van der Waals surface area contributed by atoms with Crippen LogP contribution in [0.25, 0.3) is 0 Å². The average Bonchev–Trinajstić information content (AvgIpc) is 2.39. The zero-order chi connectivity index (χ0) is 11.9. The van der Waals surface area contributed by atoms with Gasteiger partial charge >= 0.3 is 0 Å². The summed E-state index contributed by atoms with van der Waals surface area (Å²) in [6, 6.07) is 7.68. The number of rotatable bonds is 5. The second kappa shape index (κ2) is 6.25. The molecule has 1 heterocycles. The molecular weight excluding hydrogens is 218 g/mol. The number of hydrogen-bond donors (Lipinski definition) is 1. The maximum absolute atomic E-state index is 10.2. The van der Waals surface area contributed by atoms with Gasteiger partial charge in [0.25, 0.3) is 0 Å². The van der Waals surface area contributed by atoms with Gasteiger partial charge in [-0.05, 0) is 30.5 Å². The van der Waals surface area contributed by atoms with E-state index in [9.17, 15) is 4.79 Å². The number of carbonyl (C=O) groups excluding carboxylic acids is 1. The van der Waals surface area contributed by atoms with E-state index >= 15 is 0 Å². The highest BCUT2D eigenvalue weighted by atomic mass is 16.7. The van der Waals surface area contributed by atoms with Crippen LogP contribution >= 0.6 is 0 Å². The third kappa shape index (κ3) is 3.75. The molecule has 0 saturated carbocycles. The lowest BCUT2D eigenvalue weighted by Crippen LogP contribution is -2.24. The number of nitrogens with one attached hydrogen (secondary N) is 1. The molecule has 4 nitrogen and oxygen atoms in total. The minimum atomic E-state index is -0.109. The molecule has 0 bridgehead atoms. The summed E-state index contributed by atoms with van der Waals surface area (Å²) >= 11 is 0. The molecule has 0 spiro atoms. The van der Waals surface area contributed by atoms with Crippen LogP contribution in [0.1, 0.15) is 24.8 Å². The van der Waals surface area contributed by atoms with Gasteiger partial charge in [0.2, 0.25) is 6.41 Å². The van der Waals surface area contributed by atoms with E-state index in [4.69, 9.17) is 9.47 Å². The summed E-state index contributed by atoms with van der Waals surface area (Å²) in [6.45, 7) is 1.33. The van der Waals surface area contributed by atoms with E-state index in [1.807, 2.05) is 24.3 Å². The third-order valence-electron chi connectivity index (χ3n) is 2.72. The zero-order valence-corrected chi connectivity index (χ0v) is 9.72. The van der Waals surface area contributed by atoms with E-state index in [-0.39, 0.29) is 6.29 Å². The van der Waals surface area contributed by atoms with Gasteiger partial charge in [-0.2, -0.15) is 0 Å². The Balaban J connectivity index is 1.86. The highest BCUT2D eigenvalue weighted by Crippen LogP contribution is 2.19. The van der Waals surface area contributed by atoms with Gasteiger partial charge in [0.15, 0.2) is 6.29 Å². The lowest BCUT2D eigenvalue weighted by atomic mass is 10.2. The van der Waals surface area contributed by atoms with Gasteiger partial charge in [-0.1, -0.05) is 12.1 Å². The van der Waals surface area contributed by atoms with E-state index in [1.165, 1.54) is 0 Å². The van der Waals surface area contributed by atoms with Crippen LogP contribution in [0.5, 0.6) is 5.75 Å². The topological polar surface area (TPSA) is 47.6 Å². The Morgan fingerprint density at radius 1 is 1.35 bits per heavy atom. The Kier molecular flexibility index (Phi) is 4.38. The monoisotopic (exact) mass is 235 g/mol. The molecular formula is C13H17NO3. The highest BCUT2D eigenvalue weighted by molar-refractivity contribution is 5.46. The number of carbonyl (C=O) groups is 1. The van der Waals surface area contributed by atoms with Crippen LogP contribution in [0.2, 0.25) is 0 Å². The maximum Gasteiger partial charge on any atom is 0.207 e. The van der Waals surface area contributed by atoms with Crippen molar-refractivity contribution in [3.05, 3.63) is 29.8 Å². The van der Waals surface area contributed by atoms with Crippen LogP contribution in [0.4, 0.5) is 0 Å². The van der Waals surface area contributed by atoms with Crippen molar-refractivity contribution in [1.82, 2.24) is 5.32 Å². The van der Waals surface area contributed by atoms with E-state index in [0.717, 1.165) is 37.2 Å². The fourth-order valence-electron chi connectivity index (χ4n) is 1.80. The molecule has 1 fully saturated rings. The summed E-state index contributed by atoms with van der Waals surface area (Å²) < 4.78 is 11.2. The summed E-state index contributed by atoms with van der Waals surface area (Å²) in [5.41, 5.74) is 1.05. The molecule has 17 heavy (non-hydrogen) atoms. The largest absolute Gasteiger partial charge is 0.465 e. The van der Waals surface area contributed by atoms with Crippen molar-refractivity contribution in [2.45, 2.75) is 32.1 Å². The van der Waals surface area contributed by atoms with Crippen molar-refractivity contribution in [3.8, 4) is 5.75 Å². The second-order valence-corrected chi connectivity index (χ2v) is 4.06. The zero-order valence-electron chi connectivity index (χ0n) is 9.72. The molecule has 4 heteroatoms. The first-order valence-corrected chi connectivity index (χ1v) is 5.93. The van der Waals surface area contributed by atoms with Crippen molar-refractivity contribution in [1.29, 1.82) is 0 Å². The normalized spacial score (nSPS) is 19.6. The molecule has 1 N–H and O–H groups in total. The standard InChI is InChI=1S/C13H17NO3/c15-10-14-9-11-4-6-12(7-5-11)17-13-3-1-2-8-16-13/h4-7,10,13H,1-3,8-9H2,(H,14,15). The molecule has 2 rings (SSSR count). The van der Waals surface area contributed by atoms with E-state index < -0.39 is 0 Å². The van der Waals surface area contributed by atoms with Gasteiger partial charge in [0, 0.05) is 13.0 Å². The second-order valence-electron chi connectivity index (χ2n) is 4.06. The van der Waals surface area contributed by atoms with Crippen LogP contribution < -0.4 is 10.1 Å². The van der Waals surface area contributed by atoms with Crippen molar-refractivity contribution >= 4 is 6.41 Å². The Labute approximate surface area is 101 Å². The minimum Gasteiger partial charge on any atom is -0.465 e. The van der Waals surface area contributed by atoms with Gasteiger partial charge in [0.05, 0.1) is 6.61 Å². The maximum atomic E-state index is 10.2. The first-order chi connectivity index (χ1) is 8.38. The molecule has 1 saturated heterocycles. The number of ether oxygens (including phenoxy) is 2. The first kappa shape index (κ1) is 11.9. The summed E-state index contributed by atoms with van der Waals surface area (Å²) in [5.74, 6) is 0.812. The quantitative estimate of drug-likeness (QED) is 0.792. The molecule has 1 aromatic rings. The van der Waals surface area contributed by atoms with E-state index in [0.29, 0.717) is 13.0 Å². The average molecular weight is 235 g/mol. The number of hydrogen-bond acceptors (Lipinski definition) is 3. The molecule has 1 aliphatic heterocycles. The van der Waals surface area contributed by atoms with Crippen molar-refractivity contribution in [2.24, 2.45) is 0 Å². The van der Waals surface area contributed by atoms with Gasteiger partial charge in [0.1, 0.15) is 5.75 Å². The lowest BCUT2D eigenvalue weighted by molar-refractivity contribution is -0.109. The highest BCUT2D eigenvalue weighted by Gasteiger charge is 2.14. The Morgan fingerprint density at radius 2 is 2.18 bits per heavy atom. The van der Waals surface area contributed by atoms with Crippen LogP contribution in [0.15, 0.2) is 24.3 Å². The predicted molar refractivity (Wildman–Crippen MR) is 63.6 cm³/mol. The predicted octanol–water partition coefficient (Wildman–Crippen LogP) is 1.84. The number of amides is 1. The van der Waals surface area contributed by atoms with Crippen LogP contribution in [0, 0.1) is 0 Å². The fraction of sp³-hybridized carbons (Fsp3) is 0.462. The Hall–Kier alpha value is -1.55. The summed E-state index contributed by atoms with van der Waals surface area (Å²) in [5, 5.41) is 2.62. The molecule has 92 valence electrons. The van der Waals surface area contributed by atoms with Gasteiger partial charge in [-0.3, -0.25) is 4.79 Å². The van der Waals surface area contributed by atoms with E-state index in [2.05, 4.69) is 5.32 Å². The first-order valence-electron chi connectivity index (χ1n) is 5.93.